The van der Waals surface area contributed by atoms with Crippen LogP contribution in [0.1, 0.15) is 25.8 Å². The molecule has 0 saturated carbocycles. The number of hydrogen-bond donors (Lipinski definition) is 1. The molecule has 0 aliphatic heterocycles. The van der Waals surface area contributed by atoms with Crippen LogP contribution in [0.4, 0.5) is 0 Å². The Morgan fingerprint density at radius 2 is 1.90 bits per heavy atom. The van der Waals surface area contributed by atoms with Gasteiger partial charge in [-0.25, -0.2) is 0 Å². The van der Waals surface area contributed by atoms with Gasteiger partial charge in [-0.1, -0.05) is 13.0 Å². The summed E-state index contributed by atoms with van der Waals surface area (Å²) in [5, 5.41) is 0. The maximum Gasteiger partial charge on any atom is 0.242 e. The lowest BCUT2D eigenvalue weighted by Crippen LogP contribution is -2.51. The highest BCUT2D eigenvalue weighted by atomic mass is 16.5. The van der Waals surface area contributed by atoms with Crippen LogP contribution in [0.3, 0.4) is 0 Å². The van der Waals surface area contributed by atoms with Crippen molar-refractivity contribution in [2.45, 2.75) is 32.4 Å². The molecule has 0 aliphatic carbocycles. The fourth-order valence-corrected chi connectivity index (χ4v) is 1.91. The van der Waals surface area contributed by atoms with E-state index in [0.29, 0.717) is 24.5 Å². The largest absolute Gasteiger partial charge is 0.493 e. The number of likely N-dealkylation sites (N-methyl/N-ethyl adjacent to an activating group) is 1. The molecule has 112 valence electrons. The van der Waals surface area contributed by atoms with Crippen molar-refractivity contribution in [3.05, 3.63) is 23.8 Å². The second-order valence-corrected chi connectivity index (χ2v) is 5.12. The molecule has 0 saturated heterocycles. The van der Waals surface area contributed by atoms with E-state index >= 15 is 0 Å². The van der Waals surface area contributed by atoms with E-state index in [1.165, 1.54) is 0 Å². The van der Waals surface area contributed by atoms with Crippen LogP contribution in [0.2, 0.25) is 0 Å². The Balaban J connectivity index is 2.86. The van der Waals surface area contributed by atoms with Crippen molar-refractivity contribution < 1.29 is 14.3 Å². The third-order valence-electron chi connectivity index (χ3n) is 3.44. The summed E-state index contributed by atoms with van der Waals surface area (Å²) in [6.07, 6.45) is 0.599. The molecule has 0 fully saturated rings. The third kappa shape index (κ3) is 3.63. The zero-order valence-corrected chi connectivity index (χ0v) is 12.9. The van der Waals surface area contributed by atoms with Gasteiger partial charge >= 0.3 is 0 Å². The first-order chi connectivity index (χ1) is 9.35. The number of hydrogen-bond acceptors (Lipinski definition) is 4. The highest BCUT2D eigenvalue weighted by Crippen LogP contribution is 2.28. The van der Waals surface area contributed by atoms with Gasteiger partial charge in [0.05, 0.1) is 19.8 Å². The molecular weight excluding hydrogens is 256 g/mol. The standard InChI is InChI=1S/C15H24N2O3/c1-6-15(2,16)14(18)17(3)10-11-7-8-12(19-4)13(9-11)20-5/h7-9H,6,10,16H2,1-5H3. The fraction of sp³-hybridized carbons (Fsp3) is 0.533. The molecule has 1 rings (SSSR count). The van der Waals surface area contributed by atoms with Crippen LogP contribution in [0.5, 0.6) is 11.5 Å². The molecule has 0 heterocycles. The van der Waals surface area contributed by atoms with Crippen LogP contribution in [0, 0.1) is 0 Å². The number of nitrogens with zero attached hydrogens (tertiary/aromatic N) is 1. The van der Waals surface area contributed by atoms with Gasteiger partial charge in [0.1, 0.15) is 0 Å². The summed E-state index contributed by atoms with van der Waals surface area (Å²) in [5.41, 5.74) is 6.12. The van der Waals surface area contributed by atoms with Crippen LogP contribution < -0.4 is 15.2 Å². The number of amides is 1. The van der Waals surface area contributed by atoms with Gasteiger partial charge in [-0.05, 0) is 31.0 Å². The molecule has 5 nitrogen and oxygen atoms in total. The lowest BCUT2D eigenvalue weighted by molar-refractivity contribution is -0.135. The van der Waals surface area contributed by atoms with Crippen molar-refractivity contribution >= 4 is 5.91 Å². The van der Waals surface area contributed by atoms with Gasteiger partial charge in [-0.2, -0.15) is 0 Å². The molecule has 1 aromatic carbocycles. The first-order valence-electron chi connectivity index (χ1n) is 6.61. The minimum absolute atomic E-state index is 0.0743. The normalized spacial score (nSPS) is 13.5. The molecular formula is C15H24N2O3. The lowest BCUT2D eigenvalue weighted by Gasteiger charge is -2.28. The molecule has 20 heavy (non-hydrogen) atoms. The van der Waals surface area contributed by atoms with E-state index in [1.54, 1.807) is 33.1 Å². The maximum atomic E-state index is 12.2. The maximum absolute atomic E-state index is 12.2. The first-order valence-corrected chi connectivity index (χ1v) is 6.61. The number of ether oxygens (including phenoxy) is 2. The summed E-state index contributed by atoms with van der Waals surface area (Å²) < 4.78 is 10.4. The van der Waals surface area contributed by atoms with Gasteiger partial charge in [0.15, 0.2) is 11.5 Å². The number of methoxy groups -OCH3 is 2. The highest BCUT2D eigenvalue weighted by molar-refractivity contribution is 5.85. The van der Waals surface area contributed by atoms with E-state index in [1.807, 2.05) is 25.1 Å². The third-order valence-corrected chi connectivity index (χ3v) is 3.44. The van der Waals surface area contributed by atoms with Crippen LogP contribution in [0.15, 0.2) is 18.2 Å². The molecule has 1 unspecified atom stereocenters. The van der Waals surface area contributed by atoms with Gasteiger partial charge in [0.25, 0.3) is 0 Å². The van der Waals surface area contributed by atoms with Crippen molar-refractivity contribution in [1.29, 1.82) is 0 Å². The van der Waals surface area contributed by atoms with Gasteiger partial charge in [0, 0.05) is 13.6 Å². The van der Waals surface area contributed by atoms with E-state index in [9.17, 15) is 4.79 Å². The van der Waals surface area contributed by atoms with Crippen LogP contribution in [0.25, 0.3) is 0 Å². The molecule has 0 aromatic heterocycles. The van der Waals surface area contributed by atoms with E-state index in [0.717, 1.165) is 5.56 Å². The molecule has 5 heteroatoms. The Labute approximate surface area is 120 Å². The van der Waals surface area contributed by atoms with E-state index in [2.05, 4.69) is 0 Å². The number of nitrogens with two attached hydrogens (primary N) is 1. The highest BCUT2D eigenvalue weighted by Gasteiger charge is 2.29. The van der Waals surface area contributed by atoms with Crippen molar-refractivity contribution in [3.8, 4) is 11.5 Å². The first kappa shape index (κ1) is 16.3. The zero-order chi connectivity index (χ0) is 15.3. The van der Waals surface area contributed by atoms with Gasteiger partial charge in [-0.15, -0.1) is 0 Å². The summed E-state index contributed by atoms with van der Waals surface area (Å²) in [6, 6.07) is 5.60. The number of carbonyl (C=O) groups is 1. The average Bonchev–Trinajstić information content (AvgIpc) is 2.46. The Morgan fingerprint density at radius 3 is 2.40 bits per heavy atom. The van der Waals surface area contributed by atoms with Crippen molar-refractivity contribution in [2.24, 2.45) is 5.73 Å². The molecule has 1 atom stereocenters. The number of benzene rings is 1. The van der Waals surface area contributed by atoms with Crippen LogP contribution in [-0.2, 0) is 11.3 Å². The van der Waals surface area contributed by atoms with Gasteiger partial charge < -0.3 is 20.1 Å². The van der Waals surface area contributed by atoms with Gasteiger partial charge in [0.2, 0.25) is 5.91 Å². The summed E-state index contributed by atoms with van der Waals surface area (Å²) in [5.74, 6) is 1.24. The van der Waals surface area contributed by atoms with Crippen molar-refractivity contribution in [2.75, 3.05) is 21.3 Å². The molecule has 2 N–H and O–H groups in total. The summed E-state index contributed by atoms with van der Waals surface area (Å²) in [6.45, 7) is 4.13. The Kier molecular flexibility index (Phi) is 5.39. The fourth-order valence-electron chi connectivity index (χ4n) is 1.91. The Morgan fingerprint density at radius 1 is 1.30 bits per heavy atom. The summed E-state index contributed by atoms with van der Waals surface area (Å²) >= 11 is 0. The minimum Gasteiger partial charge on any atom is -0.493 e. The van der Waals surface area contributed by atoms with E-state index < -0.39 is 5.54 Å². The number of carbonyl (C=O) groups excluding carboxylic acids is 1. The van der Waals surface area contributed by atoms with Crippen LogP contribution in [-0.4, -0.2) is 37.6 Å². The summed E-state index contributed by atoms with van der Waals surface area (Å²) in [7, 11) is 4.93. The molecule has 0 radical (unpaired) electrons. The summed E-state index contributed by atoms with van der Waals surface area (Å²) in [4.78, 5) is 13.9. The molecule has 1 aromatic rings. The molecule has 1 amide bonds. The van der Waals surface area contributed by atoms with Gasteiger partial charge in [-0.3, -0.25) is 4.79 Å². The van der Waals surface area contributed by atoms with Crippen molar-refractivity contribution in [1.82, 2.24) is 4.90 Å². The average molecular weight is 280 g/mol. The van der Waals surface area contributed by atoms with E-state index in [4.69, 9.17) is 15.2 Å². The second-order valence-electron chi connectivity index (χ2n) is 5.12. The minimum atomic E-state index is -0.828. The Hall–Kier alpha value is -1.75. The van der Waals surface area contributed by atoms with Crippen molar-refractivity contribution in [3.63, 3.8) is 0 Å². The Bertz CT molecular complexity index is 472. The smallest absolute Gasteiger partial charge is 0.242 e. The van der Waals surface area contributed by atoms with E-state index in [-0.39, 0.29) is 5.91 Å². The SMILES string of the molecule is CCC(C)(N)C(=O)N(C)Cc1ccc(OC)c(OC)c1. The second kappa shape index (κ2) is 6.61. The monoisotopic (exact) mass is 280 g/mol. The topological polar surface area (TPSA) is 64.8 Å². The molecule has 0 bridgehead atoms. The zero-order valence-electron chi connectivity index (χ0n) is 12.9. The predicted octanol–water partition coefficient (Wildman–Crippen LogP) is 1.79. The molecule has 0 aliphatic rings. The van der Waals surface area contributed by atoms with Crippen LogP contribution >= 0.6 is 0 Å². The quantitative estimate of drug-likeness (QED) is 0.863. The lowest BCUT2D eigenvalue weighted by atomic mass is 9.98. The molecule has 0 spiro atoms. The number of rotatable bonds is 6. The predicted molar refractivity (Wildman–Crippen MR) is 78.9 cm³/mol.